The Balaban J connectivity index is 1.65. The first-order chi connectivity index (χ1) is 16.8. The number of nitrogens with zero attached hydrogens (tertiary/aromatic N) is 2. The summed E-state index contributed by atoms with van der Waals surface area (Å²) in [7, 11) is 0. The zero-order valence-corrected chi connectivity index (χ0v) is 22.6. The predicted octanol–water partition coefficient (Wildman–Crippen LogP) is 4.76. The van der Waals surface area contributed by atoms with Crippen LogP contribution in [0.2, 0.25) is 10.0 Å². The average Bonchev–Trinajstić information content (AvgIpc) is 3.00. The Morgan fingerprint density at radius 2 is 1.94 bits per heavy atom. The molecule has 0 saturated carbocycles. The molecule has 2 heterocycles. The van der Waals surface area contributed by atoms with Crippen molar-refractivity contribution in [2.75, 3.05) is 39.3 Å². The normalized spacial score (nSPS) is 22.5. The van der Waals surface area contributed by atoms with Crippen molar-refractivity contribution in [2.45, 2.75) is 64.5 Å². The SMILES string of the molecule is C=C(C)C(CC)CN1CC[C@H](CNC(=O)c2ccc(Cl)c(Cl)c2)N[C@H](CCN2CCCCC2)C1=O. The fourth-order valence-corrected chi connectivity index (χ4v) is 5.28. The van der Waals surface area contributed by atoms with Gasteiger partial charge in [0, 0.05) is 37.8 Å². The maximum absolute atomic E-state index is 13.6. The number of nitrogens with one attached hydrogen (secondary N) is 2. The van der Waals surface area contributed by atoms with Crippen LogP contribution in [0.4, 0.5) is 0 Å². The van der Waals surface area contributed by atoms with E-state index in [2.05, 4.69) is 29.0 Å². The van der Waals surface area contributed by atoms with E-state index in [1.807, 2.05) is 11.8 Å². The minimum atomic E-state index is -0.256. The Morgan fingerprint density at radius 1 is 1.20 bits per heavy atom. The Morgan fingerprint density at radius 3 is 2.60 bits per heavy atom. The highest BCUT2D eigenvalue weighted by atomic mass is 35.5. The molecule has 3 rings (SSSR count). The van der Waals surface area contributed by atoms with Gasteiger partial charge in [-0.2, -0.15) is 0 Å². The summed E-state index contributed by atoms with van der Waals surface area (Å²) in [5.74, 6) is 0.267. The molecule has 8 heteroatoms. The zero-order valence-electron chi connectivity index (χ0n) is 21.1. The number of amides is 2. The van der Waals surface area contributed by atoms with Crippen LogP contribution in [0.25, 0.3) is 0 Å². The molecule has 0 bridgehead atoms. The number of piperidine rings is 1. The topological polar surface area (TPSA) is 64.7 Å². The summed E-state index contributed by atoms with van der Waals surface area (Å²) in [6, 6.07) is 4.62. The highest BCUT2D eigenvalue weighted by molar-refractivity contribution is 6.42. The van der Waals surface area contributed by atoms with Crippen LogP contribution in [0.1, 0.15) is 62.7 Å². The van der Waals surface area contributed by atoms with E-state index in [-0.39, 0.29) is 23.9 Å². The van der Waals surface area contributed by atoms with Crippen LogP contribution in [0.5, 0.6) is 0 Å². The Labute approximate surface area is 220 Å². The smallest absolute Gasteiger partial charge is 0.251 e. The lowest BCUT2D eigenvalue weighted by Gasteiger charge is -2.31. The molecule has 2 saturated heterocycles. The summed E-state index contributed by atoms with van der Waals surface area (Å²) in [5, 5.41) is 7.37. The molecule has 0 radical (unpaired) electrons. The van der Waals surface area contributed by atoms with E-state index in [0.717, 1.165) is 44.5 Å². The molecule has 2 amide bonds. The molecule has 3 atom stereocenters. The molecule has 2 aliphatic heterocycles. The van der Waals surface area contributed by atoms with Crippen molar-refractivity contribution in [2.24, 2.45) is 5.92 Å². The molecule has 35 heavy (non-hydrogen) atoms. The highest BCUT2D eigenvalue weighted by Crippen LogP contribution is 2.23. The number of likely N-dealkylation sites (tertiary alicyclic amines) is 1. The van der Waals surface area contributed by atoms with Gasteiger partial charge in [0.1, 0.15) is 0 Å². The molecule has 0 aliphatic carbocycles. The number of carbonyl (C=O) groups excluding carboxylic acids is 2. The van der Waals surface area contributed by atoms with Gasteiger partial charge in [-0.1, -0.05) is 48.7 Å². The molecular formula is C27H40Cl2N4O2. The van der Waals surface area contributed by atoms with Crippen LogP contribution < -0.4 is 10.6 Å². The lowest BCUT2D eigenvalue weighted by molar-refractivity contribution is -0.133. The molecule has 194 valence electrons. The number of carbonyl (C=O) groups is 2. The van der Waals surface area contributed by atoms with E-state index in [0.29, 0.717) is 41.2 Å². The number of rotatable bonds is 10. The van der Waals surface area contributed by atoms with E-state index >= 15 is 0 Å². The van der Waals surface area contributed by atoms with Crippen LogP contribution in [-0.4, -0.2) is 73.0 Å². The van der Waals surface area contributed by atoms with Gasteiger partial charge < -0.3 is 20.4 Å². The second-order valence-electron chi connectivity index (χ2n) is 9.97. The molecule has 2 fully saturated rings. The molecule has 1 aromatic rings. The summed E-state index contributed by atoms with van der Waals surface area (Å²) in [5.41, 5.74) is 1.59. The highest BCUT2D eigenvalue weighted by Gasteiger charge is 2.32. The Hall–Kier alpha value is -1.60. The van der Waals surface area contributed by atoms with Gasteiger partial charge >= 0.3 is 0 Å². The standard InChI is InChI=1S/C27H40Cl2N4O2/c1-4-20(19(2)3)18-33-15-10-22(17-30-26(34)21-8-9-23(28)24(29)16-21)31-25(27(33)35)11-14-32-12-6-5-7-13-32/h8-9,16,20,22,25,31H,2,4-7,10-15,17-18H2,1,3H3,(H,30,34)/t20?,22-,25-/m1/s1. The van der Waals surface area contributed by atoms with Gasteiger partial charge in [0.2, 0.25) is 5.91 Å². The van der Waals surface area contributed by atoms with Crippen molar-refractivity contribution in [3.8, 4) is 0 Å². The van der Waals surface area contributed by atoms with Gasteiger partial charge in [0.05, 0.1) is 16.1 Å². The molecular weight excluding hydrogens is 483 g/mol. The molecule has 1 unspecified atom stereocenters. The quantitative estimate of drug-likeness (QED) is 0.434. The van der Waals surface area contributed by atoms with Gasteiger partial charge in [0.25, 0.3) is 5.91 Å². The number of halogens is 2. The maximum atomic E-state index is 13.6. The van der Waals surface area contributed by atoms with E-state index in [9.17, 15) is 9.59 Å². The summed E-state index contributed by atoms with van der Waals surface area (Å²) in [4.78, 5) is 30.8. The van der Waals surface area contributed by atoms with Crippen molar-refractivity contribution < 1.29 is 9.59 Å². The predicted molar refractivity (Wildman–Crippen MR) is 144 cm³/mol. The van der Waals surface area contributed by atoms with E-state index in [4.69, 9.17) is 23.2 Å². The number of hydrogen-bond donors (Lipinski definition) is 2. The molecule has 2 N–H and O–H groups in total. The Kier molecular flexibility index (Phi) is 10.9. The maximum Gasteiger partial charge on any atom is 0.251 e. The van der Waals surface area contributed by atoms with Gasteiger partial charge in [0.15, 0.2) is 0 Å². The second kappa shape index (κ2) is 13.6. The van der Waals surface area contributed by atoms with Gasteiger partial charge in [-0.25, -0.2) is 0 Å². The van der Waals surface area contributed by atoms with Crippen molar-refractivity contribution in [3.63, 3.8) is 0 Å². The fourth-order valence-electron chi connectivity index (χ4n) is 4.98. The largest absolute Gasteiger partial charge is 0.350 e. The van der Waals surface area contributed by atoms with Crippen LogP contribution in [0.15, 0.2) is 30.4 Å². The number of hydrogen-bond acceptors (Lipinski definition) is 4. The lowest BCUT2D eigenvalue weighted by Crippen LogP contribution is -2.50. The van der Waals surface area contributed by atoms with Crippen LogP contribution in [0, 0.1) is 5.92 Å². The van der Waals surface area contributed by atoms with Gasteiger partial charge in [-0.05, 0) is 76.2 Å². The minimum absolute atomic E-state index is 0.00642. The second-order valence-corrected chi connectivity index (χ2v) is 10.8. The van der Waals surface area contributed by atoms with Crippen molar-refractivity contribution in [3.05, 3.63) is 46.0 Å². The lowest BCUT2D eigenvalue weighted by atomic mass is 9.98. The van der Waals surface area contributed by atoms with Crippen molar-refractivity contribution >= 4 is 35.0 Å². The van der Waals surface area contributed by atoms with Crippen LogP contribution in [-0.2, 0) is 4.79 Å². The summed E-state index contributed by atoms with van der Waals surface area (Å²) >= 11 is 12.1. The third-order valence-corrected chi connectivity index (χ3v) is 8.04. The number of benzene rings is 1. The summed E-state index contributed by atoms with van der Waals surface area (Å²) in [6.45, 7) is 13.3. The van der Waals surface area contributed by atoms with E-state index in [1.54, 1.807) is 18.2 Å². The molecule has 0 spiro atoms. The summed E-state index contributed by atoms with van der Waals surface area (Å²) in [6.07, 6.45) is 6.28. The first kappa shape index (κ1) is 28.0. The average molecular weight is 524 g/mol. The molecule has 0 aromatic heterocycles. The van der Waals surface area contributed by atoms with Gasteiger partial charge in [-0.15, -0.1) is 0 Å². The monoisotopic (exact) mass is 522 g/mol. The third kappa shape index (κ3) is 8.21. The van der Waals surface area contributed by atoms with Crippen LogP contribution >= 0.6 is 23.2 Å². The van der Waals surface area contributed by atoms with Crippen molar-refractivity contribution in [1.82, 2.24) is 20.4 Å². The van der Waals surface area contributed by atoms with E-state index < -0.39 is 0 Å². The first-order valence-electron chi connectivity index (χ1n) is 12.9. The molecule has 2 aliphatic rings. The molecule has 6 nitrogen and oxygen atoms in total. The fraction of sp³-hybridized carbons (Fsp3) is 0.630. The third-order valence-electron chi connectivity index (χ3n) is 7.30. The summed E-state index contributed by atoms with van der Waals surface area (Å²) < 4.78 is 0. The first-order valence-corrected chi connectivity index (χ1v) is 13.7. The molecule has 1 aromatic carbocycles. The van der Waals surface area contributed by atoms with E-state index in [1.165, 1.54) is 19.3 Å². The van der Waals surface area contributed by atoms with Gasteiger partial charge in [-0.3, -0.25) is 9.59 Å². The van der Waals surface area contributed by atoms with Crippen molar-refractivity contribution in [1.29, 1.82) is 0 Å². The van der Waals surface area contributed by atoms with Crippen LogP contribution in [0.3, 0.4) is 0 Å². The Bertz CT molecular complexity index is 888. The minimum Gasteiger partial charge on any atom is -0.350 e. The zero-order chi connectivity index (χ0) is 25.4.